The van der Waals surface area contributed by atoms with Crippen LogP contribution in [0.3, 0.4) is 0 Å². The lowest BCUT2D eigenvalue weighted by Crippen LogP contribution is -1.86. The molecule has 1 aromatic rings. The topological polar surface area (TPSA) is 12.5 Å². The molecule has 1 aromatic carbocycles. The van der Waals surface area contributed by atoms with Crippen molar-refractivity contribution < 1.29 is 4.74 Å². The minimum absolute atomic E-state index is 0.156. The van der Waals surface area contributed by atoms with E-state index in [0.29, 0.717) is 0 Å². The van der Waals surface area contributed by atoms with Gasteiger partial charge in [0.05, 0.1) is 0 Å². The number of ether oxygens (including phenoxy) is 1. The van der Waals surface area contributed by atoms with Crippen molar-refractivity contribution in [2.45, 2.75) is 9.52 Å². The lowest BCUT2D eigenvalue weighted by molar-refractivity contribution is 0.401. The maximum atomic E-state index is 5.32. The van der Waals surface area contributed by atoms with E-state index in [0.717, 1.165) is 0 Å². The van der Waals surface area contributed by atoms with Crippen LogP contribution in [0.1, 0.15) is 11.7 Å². The molecule has 0 radical (unpaired) electrons. The monoisotopic (exact) mass is 276 g/mol. The molecule has 1 nitrogen and oxygen atoms in total. The highest BCUT2D eigenvalue weighted by Gasteiger charge is 2.53. The molecule has 1 saturated heterocycles. The molecule has 0 aromatic heterocycles. The Labute approximate surface area is 82.0 Å². The van der Waals surface area contributed by atoms with Crippen LogP contribution in [0, 0.1) is 0 Å². The first-order chi connectivity index (χ1) is 5.20. The van der Waals surface area contributed by atoms with Crippen LogP contribution in [0.25, 0.3) is 0 Å². The van der Waals surface area contributed by atoms with E-state index in [9.17, 15) is 0 Å². The van der Waals surface area contributed by atoms with E-state index < -0.39 is 0 Å². The van der Waals surface area contributed by atoms with Crippen molar-refractivity contribution in [1.29, 1.82) is 0 Å². The minimum atomic E-state index is -0.304. The van der Waals surface area contributed by atoms with Gasteiger partial charge in [-0.1, -0.05) is 30.3 Å². The third-order valence-electron chi connectivity index (χ3n) is 1.63. The normalized spacial score (nSPS) is 26.5. The van der Waals surface area contributed by atoms with Crippen molar-refractivity contribution in [2.75, 3.05) is 0 Å². The Morgan fingerprint density at radius 1 is 1.18 bits per heavy atom. The summed E-state index contributed by atoms with van der Waals surface area (Å²) < 4.78 is 5.02. The summed E-state index contributed by atoms with van der Waals surface area (Å²) in [6.45, 7) is 0. The number of rotatable bonds is 1. The minimum Gasteiger partial charge on any atom is -0.338 e. The van der Waals surface area contributed by atoms with Crippen LogP contribution in [0.5, 0.6) is 0 Å². The van der Waals surface area contributed by atoms with Crippen LogP contribution in [-0.2, 0) is 4.74 Å². The molecular formula is C8H6Br2O. The highest BCUT2D eigenvalue weighted by molar-refractivity contribution is 9.25. The zero-order valence-electron chi connectivity index (χ0n) is 5.63. The number of halogens is 2. The molecule has 0 amide bonds. The van der Waals surface area contributed by atoms with Gasteiger partial charge < -0.3 is 4.74 Å². The zero-order chi connectivity index (χ0) is 7.90. The fraction of sp³-hybridized carbons (Fsp3) is 0.250. The van der Waals surface area contributed by atoms with Gasteiger partial charge in [0.15, 0.2) is 0 Å². The van der Waals surface area contributed by atoms with Crippen molar-refractivity contribution >= 4 is 31.9 Å². The van der Waals surface area contributed by atoms with E-state index in [1.807, 2.05) is 18.2 Å². The molecule has 1 aliphatic heterocycles. The second-order valence-corrected chi connectivity index (χ2v) is 5.89. The maximum absolute atomic E-state index is 5.32. The number of alkyl halides is 2. The molecule has 0 saturated carbocycles. The number of epoxide rings is 1. The van der Waals surface area contributed by atoms with Crippen LogP contribution in [0.15, 0.2) is 30.3 Å². The quantitative estimate of drug-likeness (QED) is 0.567. The van der Waals surface area contributed by atoms with Crippen molar-refractivity contribution in [1.82, 2.24) is 0 Å². The van der Waals surface area contributed by atoms with Gasteiger partial charge in [0, 0.05) is 0 Å². The van der Waals surface area contributed by atoms with Crippen LogP contribution in [-0.4, -0.2) is 3.42 Å². The third kappa shape index (κ3) is 1.50. The number of benzene rings is 1. The molecule has 0 spiro atoms. The smallest absolute Gasteiger partial charge is 0.209 e. The van der Waals surface area contributed by atoms with Gasteiger partial charge in [-0.25, -0.2) is 0 Å². The van der Waals surface area contributed by atoms with Crippen molar-refractivity contribution in [3.05, 3.63) is 35.9 Å². The van der Waals surface area contributed by atoms with E-state index in [1.54, 1.807) is 0 Å². The Balaban J connectivity index is 2.21. The Morgan fingerprint density at radius 2 is 1.73 bits per heavy atom. The Morgan fingerprint density at radius 3 is 2.18 bits per heavy atom. The van der Waals surface area contributed by atoms with Gasteiger partial charge in [0.2, 0.25) is 3.42 Å². The third-order valence-corrected chi connectivity index (χ3v) is 2.83. The van der Waals surface area contributed by atoms with Gasteiger partial charge in [0.1, 0.15) is 6.10 Å². The van der Waals surface area contributed by atoms with Crippen molar-refractivity contribution in [3.63, 3.8) is 0 Å². The predicted octanol–water partition coefficient (Wildman–Crippen LogP) is 3.20. The first-order valence-electron chi connectivity index (χ1n) is 3.31. The first-order valence-corrected chi connectivity index (χ1v) is 4.89. The van der Waals surface area contributed by atoms with Crippen molar-refractivity contribution in [2.24, 2.45) is 0 Å². The molecule has 1 unspecified atom stereocenters. The Hall–Kier alpha value is 0.140. The van der Waals surface area contributed by atoms with Crippen molar-refractivity contribution in [3.8, 4) is 0 Å². The van der Waals surface area contributed by atoms with Crippen LogP contribution in [0.4, 0.5) is 0 Å². The second-order valence-electron chi connectivity index (χ2n) is 2.47. The zero-order valence-corrected chi connectivity index (χ0v) is 8.80. The first kappa shape index (κ1) is 7.77. The SMILES string of the molecule is BrC1(Br)OC1c1ccccc1. The molecule has 58 valence electrons. The van der Waals surface area contributed by atoms with E-state index in [4.69, 9.17) is 4.74 Å². The average Bonchev–Trinajstić information content (AvgIpc) is 2.62. The summed E-state index contributed by atoms with van der Waals surface area (Å²) in [5, 5.41) is 0. The Kier molecular flexibility index (Phi) is 1.82. The lowest BCUT2D eigenvalue weighted by Gasteiger charge is -1.93. The van der Waals surface area contributed by atoms with Gasteiger partial charge in [0.25, 0.3) is 0 Å². The average molecular weight is 278 g/mol. The summed E-state index contributed by atoms with van der Waals surface area (Å²) in [6, 6.07) is 10.1. The molecule has 0 bridgehead atoms. The van der Waals surface area contributed by atoms with Crippen LogP contribution >= 0.6 is 31.9 Å². The molecular weight excluding hydrogens is 272 g/mol. The molecule has 1 heterocycles. The summed E-state index contributed by atoms with van der Waals surface area (Å²) in [4.78, 5) is 0. The fourth-order valence-corrected chi connectivity index (χ4v) is 1.92. The summed E-state index contributed by atoms with van der Waals surface area (Å²) in [5.41, 5.74) is 1.20. The molecule has 1 atom stereocenters. The standard InChI is InChI=1S/C8H6Br2O/c9-8(10)7(11-8)6-4-2-1-3-5-6/h1-5,7H. The summed E-state index contributed by atoms with van der Waals surface area (Å²) >= 11 is 6.77. The molecule has 1 fully saturated rings. The molecule has 2 rings (SSSR count). The highest BCUT2D eigenvalue weighted by Crippen LogP contribution is 2.58. The molecule has 1 aliphatic rings. The molecule has 0 aliphatic carbocycles. The van der Waals surface area contributed by atoms with Gasteiger partial charge in [-0.05, 0) is 37.4 Å². The lowest BCUT2D eigenvalue weighted by atomic mass is 10.2. The van der Waals surface area contributed by atoms with Crippen LogP contribution < -0.4 is 0 Å². The summed E-state index contributed by atoms with van der Waals surface area (Å²) in [7, 11) is 0. The highest BCUT2D eigenvalue weighted by atomic mass is 79.9. The molecule has 0 N–H and O–H groups in total. The predicted molar refractivity (Wildman–Crippen MR) is 50.9 cm³/mol. The van der Waals surface area contributed by atoms with Gasteiger partial charge in [-0.3, -0.25) is 0 Å². The van der Waals surface area contributed by atoms with E-state index in [1.165, 1.54) is 5.56 Å². The van der Waals surface area contributed by atoms with Gasteiger partial charge >= 0.3 is 0 Å². The fourth-order valence-electron chi connectivity index (χ4n) is 1.01. The van der Waals surface area contributed by atoms with Gasteiger partial charge in [-0.15, -0.1) is 0 Å². The Bertz CT molecular complexity index is 258. The maximum Gasteiger partial charge on any atom is 0.209 e. The largest absolute Gasteiger partial charge is 0.338 e. The van der Waals surface area contributed by atoms with Gasteiger partial charge in [-0.2, -0.15) is 0 Å². The van der Waals surface area contributed by atoms with Crippen LogP contribution in [0.2, 0.25) is 0 Å². The molecule has 11 heavy (non-hydrogen) atoms. The number of hydrogen-bond acceptors (Lipinski definition) is 1. The van der Waals surface area contributed by atoms with E-state index in [2.05, 4.69) is 44.0 Å². The second kappa shape index (κ2) is 2.57. The number of hydrogen-bond donors (Lipinski definition) is 0. The summed E-state index contributed by atoms with van der Waals surface area (Å²) in [6.07, 6.45) is 0.156. The van der Waals surface area contributed by atoms with E-state index in [-0.39, 0.29) is 9.52 Å². The molecule has 3 heteroatoms. The summed E-state index contributed by atoms with van der Waals surface area (Å²) in [5.74, 6) is 0. The van der Waals surface area contributed by atoms with E-state index >= 15 is 0 Å².